The Morgan fingerprint density at radius 3 is 1.96 bits per heavy atom. The van der Waals surface area contributed by atoms with Crippen molar-refractivity contribution in [1.29, 1.82) is 0 Å². The number of benzene rings is 1. The molecule has 0 N–H and O–H groups in total. The second kappa shape index (κ2) is 16.5. The molecule has 0 heterocycles. The van der Waals surface area contributed by atoms with Crippen molar-refractivity contribution in [2.24, 2.45) is 0 Å². The summed E-state index contributed by atoms with van der Waals surface area (Å²) in [7, 11) is 0. The summed E-state index contributed by atoms with van der Waals surface area (Å²) in [5.74, 6) is 0. The molecule has 0 unspecified atom stereocenters. The molecule has 28 heavy (non-hydrogen) atoms. The van der Waals surface area contributed by atoms with Crippen LogP contribution in [0.15, 0.2) is 42.5 Å². The van der Waals surface area contributed by atoms with Crippen LogP contribution in [-0.2, 0) is 11.3 Å². The second-order valence-corrected chi connectivity index (χ2v) is 22.7. The van der Waals surface area contributed by atoms with Gasteiger partial charge in [0.2, 0.25) is 0 Å². The SMILES string of the molecule is CCC[CH2][Sn]([CH2]/C=C/CC[C@@H](C)OCc1ccccc1)([CH2]CCC)[CH2]CCC. The molecule has 0 aliphatic carbocycles. The Balaban J connectivity index is 2.42. The van der Waals surface area contributed by atoms with Crippen LogP contribution < -0.4 is 0 Å². The van der Waals surface area contributed by atoms with Gasteiger partial charge in [0, 0.05) is 0 Å². The monoisotopic (exact) mass is 494 g/mol. The molecule has 0 radical (unpaired) electrons. The molecule has 0 bridgehead atoms. The molecule has 0 amide bonds. The molecule has 0 aromatic heterocycles. The van der Waals surface area contributed by atoms with E-state index in [2.05, 4.69) is 70.2 Å². The molecular weight excluding hydrogens is 447 g/mol. The van der Waals surface area contributed by atoms with Crippen LogP contribution in [0.3, 0.4) is 0 Å². The van der Waals surface area contributed by atoms with Gasteiger partial charge in [0.05, 0.1) is 0 Å². The molecular formula is C26H46OSn. The van der Waals surface area contributed by atoms with Crippen molar-refractivity contribution < 1.29 is 4.74 Å². The molecule has 0 spiro atoms. The molecule has 0 aliphatic rings. The van der Waals surface area contributed by atoms with Gasteiger partial charge >= 0.3 is 181 Å². The molecule has 0 saturated heterocycles. The third kappa shape index (κ3) is 11.7. The zero-order chi connectivity index (χ0) is 20.5. The van der Waals surface area contributed by atoms with Crippen LogP contribution in [0.4, 0.5) is 0 Å². The van der Waals surface area contributed by atoms with Crippen molar-refractivity contribution in [3.63, 3.8) is 0 Å². The summed E-state index contributed by atoms with van der Waals surface area (Å²) in [6, 6.07) is 10.5. The Morgan fingerprint density at radius 1 is 0.857 bits per heavy atom. The van der Waals surface area contributed by atoms with Crippen molar-refractivity contribution in [1.82, 2.24) is 0 Å². The van der Waals surface area contributed by atoms with Crippen molar-refractivity contribution >= 4 is 18.4 Å². The number of allylic oxidation sites excluding steroid dienone is 2. The molecule has 0 saturated carbocycles. The van der Waals surface area contributed by atoms with Gasteiger partial charge in [-0.15, -0.1) is 0 Å². The first-order valence-corrected chi connectivity index (χ1v) is 20.0. The van der Waals surface area contributed by atoms with Gasteiger partial charge in [0.15, 0.2) is 0 Å². The first-order chi connectivity index (χ1) is 13.7. The van der Waals surface area contributed by atoms with Gasteiger partial charge in [-0.25, -0.2) is 0 Å². The Hall–Kier alpha value is -0.281. The molecule has 160 valence electrons. The molecule has 0 aliphatic heterocycles. The third-order valence-electron chi connectivity index (χ3n) is 6.02. The summed E-state index contributed by atoms with van der Waals surface area (Å²) in [6.45, 7) is 10.0. The van der Waals surface area contributed by atoms with E-state index in [9.17, 15) is 0 Å². The van der Waals surface area contributed by atoms with Gasteiger partial charge in [-0.3, -0.25) is 0 Å². The van der Waals surface area contributed by atoms with Crippen molar-refractivity contribution in [3.8, 4) is 0 Å². The minimum absolute atomic E-state index is 0.332. The quantitative estimate of drug-likeness (QED) is 0.156. The molecule has 1 aromatic carbocycles. The Bertz CT molecular complexity index is 475. The van der Waals surface area contributed by atoms with Crippen molar-refractivity contribution in [2.45, 2.75) is 110 Å². The summed E-state index contributed by atoms with van der Waals surface area (Å²) < 4.78 is 12.3. The maximum atomic E-state index is 6.01. The van der Waals surface area contributed by atoms with E-state index in [-0.39, 0.29) is 0 Å². The van der Waals surface area contributed by atoms with E-state index >= 15 is 0 Å². The Kier molecular flexibility index (Phi) is 15.2. The summed E-state index contributed by atoms with van der Waals surface area (Å²) >= 11 is -1.96. The average molecular weight is 493 g/mol. The van der Waals surface area contributed by atoms with Crippen LogP contribution in [0, 0.1) is 0 Å². The molecule has 2 heteroatoms. The van der Waals surface area contributed by atoms with E-state index in [1.807, 2.05) is 0 Å². The summed E-state index contributed by atoms with van der Waals surface area (Å²) in [5, 5.41) is 0. The van der Waals surface area contributed by atoms with Crippen molar-refractivity contribution in [2.75, 3.05) is 0 Å². The van der Waals surface area contributed by atoms with Gasteiger partial charge < -0.3 is 0 Å². The number of unbranched alkanes of at least 4 members (excludes halogenated alkanes) is 3. The van der Waals surface area contributed by atoms with E-state index in [1.165, 1.54) is 48.5 Å². The van der Waals surface area contributed by atoms with E-state index in [1.54, 1.807) is 13.3 Å². The fraction of sp³-hybridized carbons (Fsp3) is 0.692. The minimum atomic E-state index is -1.96. The van der Waals surface area contributed by atoms with Crippen molar-refractivity contribution in [3.05, 3.63) is 48.0 Å². The normalized spacial score (nSPS) is 13.3. The molecule has 0 fully saturated rings. The Morgan fingerprint density at radius 2 is 1.43 bits per heavy atom. The number of rotatable bonds is 17. The fourth-order valence-corrected chi connectivity index (χ4v) is 19.3. The summed E-state index contributed by atoms with van der Waals surface area (Å²) in [5.41, 5.74) is 1.27. The number of ether oxygens (including phenoxy) is 1. The zero-order valence-corrected chi connectivity index (χ0v) is 22.1. The molecule has 1 atom stereocenters. The molecule has 1 rings (SSSR count). The van der Waals surface area contributed by atoms with Crippen LogP contribution in [0.5, 0.6) is 0 Å². The first kappa shape index (κ1) is 25.8. The molecule has 1 nitrogen and oxygen atoms in total. The maximum absolute atomic E-state index is 6.01. The van der Waals surface area contributed by atoms with Crippen LogP contribution in [0.1, 0.15) is 84.6 Å². The fourth-order valence-electron chi connectivity index (χ4n) is 4.01. The Labute approximate surface area is 180 Å². The number of hydrogen-bond acceptors (Lipinski definition) is 1. The van der Waals surface area contributed by atoms with Gasteiger partial charge in [0.25, 0.3) is 0 Å². The number of hydrogen-bond donors (Lipinski definition) is 0. The standard InChI is InChI=1S/C14H19O.3C4H9.Sn/c1-3-4-6-9-13(2)15-12-14-10-7-5-8-11-14;3*1-3-4-2;/h3-5,7-8,10-11,13H,1,6,9,12H2,2H3;3*1,3-4H2,2H3;/b4-3+;;;;/t13-;;;;/m1..../s1. The van der Waals surface area contributed by atoms with Gasteiger partial charge in [-0.05, 0) is 0 Å². The summed E-state index contributed by atoms with van der Waals surface area (Å²) in [6.07, 6.45) is 16.2. The van der Waals surface area contributed by atoms with E-state index in [4.69, 9.17) is 4.74 Å². The third-order valence-corrected chi connectivity index (χ3v) is 21.3. The first-order valence-electron chi connectivity index (χ1n) is 12.0. The zero-order valence-electron chi connectivity index (χ0n) is 19.2. The topological polar surface area (TPSA) is 9.23 Å². The molecule has 1 aromatic rings. The van der Waals surface area contributed by atoms with Crippen LogP contribution in [-0.4, -0.2) is 24.5 Å². The van der Waals surface area contributed by atoms with E-state index in [0.717, 1.165) is 19.4 Å². The van der Waals surface area contributed by atoms with Crippen LogP contribution in [0.2, 0.25) is 17.7 Å². The van der Waals surface area contributed by atoms with Crippen LogP contribution in [0.25, 0.3) is 0 Å². The van der Waals surface area contributed by atoms with Crippen LogP contribution >= 0.6 is 0 Å². The van der Waals surface area contributed by atoms with Gasteiger partial charge in [-0.1, -0.05) is 0 Å². The van der Waals surface area contributed by atoms with Gasteiger partial charge in [0.1, 0.15) is 0 Å². The average Bonchev–Trinajstić information content (AvgIpc) is 2.73. The predicted octanol–water partition coefficient (Wildman–Crippen LogP) is 8.78. The predicted molar refractivity (Wildman–Crippen MR) is 129 cm³/mol. The summed E-state index contributed by atoms with van der Waals surface area (Å²) in [4.78, 5) is 0. The second-order valence-electron chi connectivity index (χ2n) is 8.67. The van der Waals surface area contributed by atoms with Gasteiger partial charge in [-0.2, -0.15) is 0 Å². The van der Waals surface area contributed by atoms with E-state index < -0.39 is 18.4 Å². The van der Waals surface area contributed by atoms with E-state index in [0.29, 0.717) is 6.10 Å².